The molecule has 196 valence electrons. The van der Waals surface area contributed by atoms with Crippen molar-refractivity contribution in [1.29, 1.82) is 0 Å². The van der Waals surface area contributed by atoms with E-state index in [2.05, 4.69) is 16.0 Å². The number of carbonyl (C=O) groups excluding carboxylic acids is 4. The molecule has 2 aromatic rings. The lowest BCUT2D eigenvalue weighted by Gasteiger charge is -2.27. The maximum absolute atomic E-state index is 13.1. The Hall–Kier alpha value is -3.97. The molecule has 0 aromatic heterocycles. The zero-order chi connectivity index (χ0) is 27.1. The lowest BCUT2D eigenvalue weighted by molar-refractivity contribution is -0.384. The van der Waals surface area contributed by atoms with Crippen molar-refractivity contribution in [2.45, 2.75) is 48.9 Å². The number of nitro benzene ring substituents is 1. The lowest BCUT2D eigenvalue weighted by Crippen LogP contribution is -2.59. The number of nitrogens with zero attached hydrogens (tertiary/aromatic N) is 1. The third-order valence-corrected chi connectivity index (χ3v) is 6.82. The van der Waals surface area contributed by atoms with Crippen molar-refractivity contribution in [1.82, 2.24) is 16.0 Å². The van der Waals surface area contributed by atoms with E-state index in [0.29, 0.717) is 10.5 Å². The van der Waals surface area contributed by atoms with Crippen molar-refractivity contribution < 1.29 is 29.2 Å². The van der Waals surface area contributed by atoms with E-state index in [1.807, 2.05) is 0 Å². The van der Waals surface area contributed by atoms with Crippen molar-refractivity contribution in [2.75, 3.05) is 5.75 Å². The molecule has 0 saturated carbocycles. The SMILES string of the molecule is C[C@H](O)[C@@H]1NC(=O)c2cc([N+](=O)[O-])ccc2SCCC(C(N)=O)NC(=O)[C@H](Cc2ccccc2)NC1=O. The summed E-state index contributed by atoms with van der Waals surface area (Å²) in [4.78, 5) is 62.5. The van der Waals surface area contributed by atoms with Crippen LogP contribution < -0.4 is 21.7 Å². The molecule has 0 radical (unpaired) electrons. The van der Waals surface area contributed by atoms with Crippen LogP contribution in [0.25, 0.3) is 0 Å². The number of benzene rings is 2. The maximum Gasteiger partial charge on any atom is 0.270 e. The third kappa shape index (κ3) is 7.27. The lowest BCUT2D eigenvalue weighted by atomic mass is 10.0. The number of nitrogens with two attached hydrogens (primary N) is 1. The third-order valence-electron chi connectivity index (χ3n) is 5.71. The van der Waals surface area contributed by atoms with Crippen LogP contribution >= 0.6 is 11.8 Å². The molecule has 1 unspecified atom stereocenters. The number of aliphatic hydroxyl groups excluding tert-OH is 1. The molecule has 6 N–H and O–H groups in total. The molecule has 37 heavy (non-hydrogen) atoms. The first-order valence-electron chi connectivity index (χ1n) is 11.4. The number of nitrogens with one attached hydrogen (secondary N) is 3. The van der Waals surface area contributed by atoms with Crippen molar-refractivity contribution in [3.63, 3.8) is 0 Å². The van der Waals surface area contributed by atoms with Crippen molar-refractivity contribution in [2.24, 2.45) is 5.73 Å². The van der Waals surface area contributed by atoms with Crippen LogP contribution in [0.5, 0.6) is 0 Å². The zero-order valence-corrected chi connectivity index (χ0v) is 20.7. The standard InChI is InChI=1S/C24H27N5O7S/c1-13(30)20-24(34)27-18(11-14-5-3-2-4-6-14)23(33)26-17(21(25)31)9-10-37-19-8-7-15(29(35)36)12-16(19)22(32)28-20/h2-8,12-13,17-18,20,30H,9-11H2,1H3,(H2,25,31)(H,26,33)(H,27,34)(H,28,32)/t13-,17?,18-,20-/m0/s1. The number of amides is 4. The number of nitro groups is 1. The molecule has 12 nitrogen and oxygen atoms in total. The smallest absolute Gasteiger partial charge is 0.270 e. The number of primary amides is 1. The van der Waals surface area contributed by atoms with Crippen LogP contribution in [-0.2, 0) is 20.8 Å². The number of fused-ring (bicyclic) bond motifs is 1. The Morgan fingerprint density at radius 1 is 1.14 bits per heavy atom. The van der Waals surface area contributed by atoms with Gasteiger partial charge in [-0.05, 0) is 25.0 Å². The van der Waals surface area contributed by atoms with E-state index in [1.165, 1.54) is 19.1 Å². The number of thioether (sulfide) groups is 1. The van der Waals surface area contributed by atoms with Crippen LogP contribution in [0.1, 0.15) is 29.3 Å². The molecule has 0 saturated heterocycles. The van der Waals surface area contributed by atoms with E-state index < -0.39 is 52.8 Å². The van der Waals surface area contributed by atoms with E-state index in [0.717, 1.165) is 17.8 Å². The Balaban J connectivity index is 2.01. The summed E-state index contributed by atoms with van der Waals surface area (Å²) in [5, 5.41) is 29.1. The summed E-state index contributed by atoms with van der Waals surface area (Å²) in [7, 11) is 0. The minimum atomic E-state index is -1.48. The molecule has 2 aromatic carbocycles. The predicted molar refractivity (Wildman–Crippen MR) is 135 cm³/mol. The van der Waals surface area contributed by atoms with Gasteiger partial charge in [0.25, 0.3) is 11.6 Å². The average Bonchev–Trinajstić information content (AvgIpc) is 2.85. The Kier molecular flexibility index (Phi) is 9.20. The summed E-state index contributed by atoms with van der Waals surface area (Å²) in [5.74, 6) is -2.88. The molecule has 1 heterocycles. The van der Waals surface area contributed by atoms with Gasteiger partial charge in [0.2, 0.25) is 17.7 Å². The number of hydrogen-bond donors (Lipinski definition) is 5. The summed E-state index contributed by atoms with van der Waals surface area (Å²) in [6, 6.07) is 8.80. The molecular formula is C24H27N5O7S. The second-order valence-electron chi connectivity index (χ2n) is 8.48. The maximum atomic E-state index is 13.1. The zero-order valence-electron chi connectivity index (χ0n) is 19.9. The Morgan fingerprint density at radius 3 is 2.46 bits per heavy atom. The first kappa shape index (κ1) is 27.6. The van der Waals surface area contributed by atoms with Crippen LogP contribution in [0.3, 0.4) is 0 Å². The Labute approximate surface area is 216 Å². The molecule has 0 bridgehead atoms. The van der Waals surface area contributed by atoms with Crippen molar-refractivity contribution in [3.8, 4) is 0 Å². The van der Waals surface area contributed by atoms with E-state index in [-0.39, 0.29) is 29.8 Å². The van der Waals surface area contributed by atoms with Gasteiger partial charge in [0.05, 0.1) is 16.6 Å². The topological polar surface area (TPSA) is 194 Å². The fraction of sp³-hybridized carbons (Fsp3) is 0.333. The molecule has 4 atom stereocenters. The first-order chi connectivity index (χ1) is 17.6. The van der Waals surface area contributed by atoms with Gasteiger partial charge in [-0.1, -0.05) is 30.3 Å². The largest absolute Gasteiger partial charge is 0.391 e. The summed E-state index contributed by atoms with van der Waals surface area (Å²) >= 11 is 1.13. The van der Waals surface area contributed by atoms with Gasteiger partial charge in [0.15, 0.2) is 0 Å². The van der Waals surface area contributed by atoms with Crippen LogP contribution in [0.15, 0.2) is 53.4 Å². The van der Waals surface area contributed by atoms with Gasteiger partial charge < -0.3 is 26.8 Å². The monoisotopic (exact) mass is 529 g/mol. The fourth-order valence-electron chi connectivity index (χ4n) is 3.72. The number of hydrogen-bond acceptors (Lipinski definition) is 8. The average molecular weight is 530 g/mol. The summed E-state index contributed by atoms with van der Waals surface area (Å²) in [6.45, 7) is 1.28. The normalized spacial score (nSPS) is 21.9. The summed E-state index contributed by atoms with van der Waals surface area (Å²) < 4.78 is 0. The van der Waals surface area contributed by atoms with Crippen molar-refractivity contribution in [3.05, 3.63) is 69.8 Å². The minimum absolute atomic E-state index is 0.0636. The van der Waals surface area contributed by atoms with E-state index in [1.54, 1.807) is 30.3 Å². The predicted octanol–water partition coefficient (Wildman–Crippen LogP) is 0.267. The number of non-ortho nitro benzene ring substituents is 1. The quantitative estimate of drug-likeness (QED) is 0.269. The van der Waals surface area contributed by atoms with Gasteiger partial charge in [0, 0.05) is 29.2 Å². The molecule has 0 fully saturated rings. The molecular weight excluding hydrogens is 502 g/mol. The molecule has 0 aliphatic carbocycles. The molecule has 1 aliphatic rings. The molecule has 13 heteroatoms. The summed E-state index contributed by atoms with van der Waals surface area (Å²) in [6.07, 6.45) is -1.20. The summed E-state index contributed by atoms with van der Waals surface area (Å²) in [5.41, 5.74) is 5.81. The number of carbonyl (C=O) groups is 4. The molecule has 4 amide bonds. The van der Waals surface area contributed by atoms with Gasteiger partial charge in [-0.25, -0.2) is 0 Å². The number of rotatable bonds is 5. The number of aliphatic hydroxyl groups is 1. The van der Waals surface area contributed by atoms with E-state index in [9.17, 15) is 34.4 Å². The van der Waals surface area contributed by atoms with Crippen LogP contribution in [-0.4, -0.2) is 63.6 Å². The molecule has 1 aliphatic heterocycles. The van der Waals surface area contributed by atoms with Crippen LogP contribution in [0.2, 0.25) is 0 Å². The van der Waals surface area contributed by atoms with Gasteiger partial charge in [-0.3, -0.25) is 29.3 Å². The minimum Gasteiger partial charge on any atom is -0.391 e. The van der Waals surface area contributed by atoms with Gasteiger partial charge in [-0.15, -0.1) is 11.8 Å². The Bertz CT molecular complexity index is 1190. The highest BCUT2D eigenvalue weighted by atomic mass is 32.2. The van der Waals surface area contributed by atoms with Crippen LogP contribution in [0, 0.1) is 10.1 Å². The Morgan fingerprint density at radius 2 is 1.84 bits per heavy atom. The second-order valence-corrected chi connectivity index (χ2v) is 9.62. The molecule has 0 spiro atoms. The highest BCUT2D eigenvalue weighted by molar-refractivity contribution is 7.99. The van der Waals surface area contributed by atoms with Gasteiger partial charge >= 0.3 is 0 Å². The fourth-order valence-corrected chi connectivity index (χ4v) is 4.77. The van der Waals surface area contributed by atoms with E-state index >= 15 is 0 Å². The van der Waals surface area contributed by atoms with E-state index in [4.69, 9.17) is 5.73 Å². The highest BCUT2D eigenvalue weighted by Gasteiger charge is 2.33. The van der Waals surface area contributed by atoms with Crippen molar-refractivity contribution >= 4 is 41.1 Å². The van der Waals surface area contributed by atoms with Gasteiger partial charge in [0.1, 0.15) is 18.1 Å². The van der Waals surface area contributed by atoms with Gasteiger partial charge in [-0.2, -0.15) is 0 Å². The molecule has 3 rings (SSSR count). The van der Waals surface area contributed by atoms with Crippen LogP contribution in [0.4, 0.5) is 5.69 Å². The highest BCUT2D eigenvalue weighted by Crippen LogP contribution is 2.28. The first-order valence-corrected chi connectivity index (χ1v) is 12.4. The second kappa shape index (κ2) is 12.3.